The first-order valence-electron chi connectivity index (χ1n) is 4.87. The molecule has 2 heterocycles. The molecular formula is C11H15N3. The van der Waals surface area contributed by atoms with E-state index in [1.54, 1.807) is 0 Å². The average molecular weight is 189 g/mol. The number of nitrogen functional groups attached to an aromatic ring is 1. The second-order valence-electron chi connectivity index (χ2n) is 3.69. The highest BCUT2D eigenvalue weighted by Gasteiger charge is 2.08. The minimum Gasteiger partial charge on any atom is -0.383 e. The van der Waals surface area contributed by atoms with Gasteiger partial charge in [0.1, 0.15) is 11.5 Å². The molecule has 0 radical (unpaired) electrons. The van der Waals surface area contributed by atoms with Crippen molar-refractivity contribution >= 4 is 11.5 Å². The molecule has 0 aliphatic rings. The Labute approximate surface area is 83.6 Å². The van der Waals surface area contributed by atoms with E-state index in [0.29, 0.717) is 0 Å². The van der Waals surface area contributed by atoms with E-state index in [9.17, 15) is 0 Å². The molecule has 0 aromatic carbocycles. The first-order chi connectivity index (χ1) is 6.63. The van der Waals surface area contributed by atoms with Gasteiger partial charge in [-0.2, -0.15) is 0 Å². The number of rotatable bonds is 1. The molecule has 0 saturated heterocycles. The minimum absolute atomic E-state index is 0.773. The van der Waals surface area contributed by atoms with Gasteiger partial charge in [0.05, 0.1) is 5.69 Å². The second kappa shape index (κ2) is 3.01. The number of nitrogens with two attached hydrogens (primary N) is 1. The normalized spacial score (nSPS) is 11.1. The number of aryl methyl sites for hydroxylation is 3. The summed E-state index contributed by atoms with van der Waals surface area (Å²) < 4.78 is 1.98. The average Bonchev–Trinajstić information content (AvgIpc) is 2.44. The minimum atomic E-state index is 0.773. The molecule has 0 atom stereocenters. The van der Waals surface area contributed by atoms with Crippen LogP contribution in [0.3, 0.4) is 0 Å². The summed E-state index contributed by atoms with van der Waals surface area (Å²) in [4.78, 5) is 4.51. The van der Waals surface area contributed by atoms with Gasteiger partial charge in [0.15, 0.2) is 0 Å². The Bertz CT molecular complexity index is 483. The molecular weight excluding hydrogens is 174 g/mol. The summed E-state index contributed by atoms with van der Waals surface area (Å²) in [7, 11) is 0. The maximum absolute atomic E-state index is 5.99. The lowest BCUT2D eigenvalue weighted by Crippen LogP contribution is -1.96. The third-order valence-electron chi connectivity index (χ3n) is 2.49. The Balaban J connectivity index is 2.85. The molecule has 0 aliphatic carbocycles. The molecule has 74 valence electrons. The maximum Gasteiger partial charge on any atom is 0.141 e. The van der Waals surface area contributed by atoms with Gasteiger partial charge in [-0.3, -0.25) is 4.40 Å². The third-order valence-corrected chi connectivity index (χ3v) is 2.49. The van der Waals surface area contributed by atoms with E-state index in [4.69, 9.17) is 5.73 Å². The Kier molecular flexibility index (Phi) is 1.95. The highest BCUT2D eigenvalue weighted by atomic mass is 15.1. The Morgan fingerprint density at radius 1 is 1.43 bits per heavy atom. The SMILES string of the molecule is CCc1nc2c(C)cc(C)cn2c1N. The summed E-state index contributed by atoms with van der Waals surface area (Å²) in [6, 6.07) is 2.13. The molecule has 3 nitrogen and oxygen atoms in total. The van der Waals surface area contributed by atoms with E-state index in [-0.39, 0.29) is 0 Å². The lowest BCUT2D eigenvalue weighted by atomic mass is 10.2. The largest absolute Gasteiger partial charge is 0.383 e. The fraction of sp³-hybridized carbons (Fsp3) is 0.364. The summed E-state index contributed by atoms with van der Waals surface area (Å²) >= 11 is 0. The van der Waals surface area contributed by atoms with Crippen LogP contribution in [-0.2, 0) is 6.42 Å². The van der Waals surface area contributed by atoms with Crippen LogP contribution in [0.4, 0.5) is 5.82 Å². The molecule has 0 spiro atoms. The number of anilines is 1. The molecule has 0 saturated carbocycles. The number of hydrogen-bond donors (Lipinski definition) is 1. The van der Waals surface area contributed by atoms with Crippen molar-refractivity contribution in [1.82, 2.24) is 9.38 Å². The number of nitrogens with zero attached hydrogens (tertiary/aromatic N) is 2. The van der Waals surface area contributed by atoms with E-state index < -0.39 is 0 Å². The highest BCUT2D eigenvalue weighted by molar-refractivity contribution is 5.57. The quantitative estimate of drug-likeness (QED) is 0.746. The first kappa shape index (κ1) is 9.06. The van der Waals surface area contributed by atoms with Crippen LogP contribution in [0.25, 0.3) is 5.65 Å². The van der Waals surface area contributed by atoms with Crippen molar-refractivity contribution in [1.29, 1.82) is 0 Å². The van der Waals surface area contributed by atoms with E-state index >= 15 is 0 Å². The van der Waals surface area contributed by atoms with Gasteiger partial charge >= 0.3 is 0 Å². The Morgan fingerprint density at radius 2 is 2.14 bits per heavy atom. The maximum atomic E-state index is 5.99. The predicted octanol–water partition coefficient (Wildman–Crippen LogP) is 2.10. The monoisotopic (exact) mass is 189 g/mol. The molecule has 0 amide bonds. The number of hydrogen-bond acceptors (Lipinski definition) is 2. The van der Waals surface area contributed by atoms with Crippen LogP contribution in [0.1, 0.15) is 23.7 Å². The van der Waals surface area contributed by atoms with Crippen LogP contribution in [0.5, 0.6) is 0 Å². The third kappa shape index (κ3) is 1.16. The van der Waals surface area contributed by atoms with Gasteiger partial charge in [-0.05, 0) is 31.4 Å². The van der Waals surface area contributed by atoms with Crippen molar-refractivity contribution in [2.75, 3.05) is 5.73 Å². The topological polar surface area (TPSA) is 43.3 Å². The van der Waals surface area contributed by atoms with Gasteiger partial charge in [-0.1, -0.05) is 13.0 Å². The van der Waals surface area contributed by atoms with E-state index in [1.165, 1.54) is 11.1 Å². The zero-order valence-corrected chi connectivity index (χ0v) is 8.83. The predicted molar refractivity (Wildman–Crippen MR) is 58.5 cm³/mol. The standard InChI is InChI=1S/C11H15N3/c1-4-9-10(12)14-6-7(2)5-8(3)11(14)13-9/h5-6H,4,12H2,1-3H3. The first-order valence-corrected chi connectivity index (χ1v) is 4.87. The van der Waals surface area contributed by atoms with Crippen LogP contribution < -0.4 is 5.73 Å². The number of aromatic nitrogens is 2. The molecule has 2 rings (SSSR count). The molecule has 0 bridgehead atoms. The Hall–Kier alpha value is -1.51. The van der Waals surface area contributed by atoms with Crippen molar-refractivity contribution in [3.63, 3.8) is 0 Å². The Morgan fingerprint density at radius 3 is 2.79 bits per heavy atom. The summed E-state index contributed by atoms with van der Waals surface area (Å²) in [5.41, 5.74) is 10.3. The van der Waals surface area contributed by atoms with Gasteiger partial charge in [0.25, 0.3) is 0 Å². The van der Waals surface area contributed by atoms with E-state index in [1.807, 2.05) is 10.6 Å². The van der Waals surface area contributed by atoms with E-state index in [0.717, 1.165) is 23.6 Å². The number of fused-ring (bicyclic) bond motifs is 1. The summed E-state index contributed by atoms with van der Waals surface area (Å²) in [5.74, 6) is 0.773. The summed E-state index contributed by atoms with van der Waals surface area (Å²) in [5, 5.41) is 0. The fourth-order valence-electron chi connectivity index (χ4n) is 1.81. The molecule has 0 fully saturated rings. The van der Waals surface area contributed by atoms with Gasteiger partial charge in [-0.15, -0.1) is 0 Å². The smallest absolute Gasteiger partial charge is 0.141 e. The molecule has 3 heteroatoms. The second-order valence-corrected chi connectivity index (χ2v) is 3.69. The van der Waals surface area contributed by atoms with Crippen LogP contribution in [0.2, 0.25) is 0 Å². The molecule has 0 unspecified atom stereocenters. The zero-order chi connectivity index (χ0) is 10.3. The summed E-state index contributed by atoms with van der Waals surface area (Å²) in [6.45, 7) is 6.20. The molecule has 0 aliphatic heterocycles. The van der Waals surface area contributed by atoms with Crippen LogP contribution in [0, 0.1) is 13.8 Å². The van der Waals surface area contributed by atoms with E-state index in [2.05, 4.69) is 31.8 Å². The molecule has 2 aromatic heterocycles. The van der Waals surface area contributed by atoms with Crippen molar-refractivity contribution < 1.29 is 0 Å². The number of pyridine rings is 1. The lowest BCUT2D eigenvalue weighted by Gasteiger charge is -2.01. The van der Waals surface area contributed by atoms with Crippen molar-refractivity contribution in [3.05, 3.63) is 29.1 Å². The fourth-order valence-corrected chi connectivity index (χ4v) is 1.81. The lowest BCUT2D eigenvalue weighted by molar-refractivity contribution is 1.07. The van der Waals surface area contributed by atoms with Crippen LogP contribution in [-0.4, -0.2) is 9.38 Å². The van der Waals surface area contributed by atoms with Crippen molar-refractivity contribution in [3.8, 4) is 0 Å². The zero-order valence-electron chi connectivity index (χ0n) is 8.83. The van der Waals surface area contributed by atoms with Gasteiger partial charge in [0, 0.05) is 6.20 Å². The number of imidazole rings is 1. The van der Waals surface area contributed by atoms with Crippen molar-refractivity contribution in [2.24, 2.45) is 0 Å². The van der Waals surface area contributed by atoms with Gasteiger partial charge in [0.2, 0.25) is 0 Å². The van der Waals surface area contributed by atoms with Gasteiger partial charge in [-0.25, -0.2) is 4.98 Å². The van der Waals surface area contributed by atoms with Gasteiger partial charge < -0.3 is 5.73 Å². The van der Waals surface area contributed by atoms with Crippen molar-refractivity contribution in [2.45, 2.75) is 27.2 Å². The molecule has 2 N–H and O–H groups in total. The van der Waals surface area contributed by atoms with Crippen LogP contribution in [0.15, 0.2) is 12.3 Å². The highest BCUT2D eigenvalue weighted by Crippen LogP contribution is 2.19. The van der Waals surface area contributed by atoms with Crippen LogP contribution >= 0.6 is 0 Å². The summed E-state index contributed by atoms with van der Waals surface area (Å²) in [6.07, 6.45) is 2.91. The molecule has 14 heavy (non-hydrogen) atoms. The molecule has 2 aromatic rings.